The molecular weight excluding hydrogens is 256 g/mol. The molecule has 0 aromatic heterocycles. The van der Waals surface area contributed by atoms with Crippen molar-refractivity contribution in [1.82, 2.24) is 0 Å². The largest absolute Gasteiger partial charge is 0.497 e. The highest BCUT2D eigenvalue weighted by Gasteiger charge is 1.99. The molecule has 1 aromatic carbocycles. The van der Waals surface area contributed by atoms with Gasteiger partial charge in [0.1, 0.15) is 11.5 Å². The third-order valence-electron chi connectivity index (χ3n) is 3.08. The van der Waals surface area contributed by atoms with Crippen LogP contribution in [0, 0.1) is 0 Å². The van der Waals surface area contributed by atoms with Crippen molar-refractivity contribution in [2.24, 2.45) is 0 Å². The molecule has 0 radical (unpaired) electrons. The van der Waals surface area contributed by atoms with Crippen LogP contribution in [-0.4, -0.2) is 26.8 Å². The number of hydrogen-bond acceptors (Lipinski definition) is 4. The highest BCUT2D eigenvalue weighted by molar-refractivity contribution is 5.68. The number of rotatable bonds is 10. The summed E-state index contributed by atoms with van der Waals surface area (Å²) in [6, 6.07) is 7.61. The maximum Gasteiger partial charge on any atom is 0.305 e. The normalized spacial score (nSPS) is 10.1. The summed E-state index contributed by atoms with van der Waals surface area (Å²) in [4.78, 5) is 10.9. The van der Waals surface area contributed by atoms with E-state index in [0.29, 0.717) is 6.42 Å². The highest BCUT2D eigenvalue weighted by atomic mass is 16.5. The van der Waals surface area contributed by atoms with E-state index >= 15 is 0 Å². The number of ether oxygens (including phenoxy) is 3. The predicted molar refractivity (Wildman–Crippen MR) is 78.2 cm³/mol. The minimum Gasteiger partial charge on any atom is -0.497 e. The minimum atomic E-state index is -0.118. The summed E-state index contributed by atoms with van der Waals surface area (Å²) in [5.74, 6) is 1.59. The van der Waals surface area contributed by atoms with E-state index in [2.05, 4.69) is 4.74 Å². The molecule has 0 atom stereocenters. The smallest absolute Gasteiger partial charge is 0.305 e. The Labute approximate surface area is 121 Å². The van der Waals surface area contributed by atoms with E-state index in [1.807, 2.05) is 24.3 Å². The zero-order valence-corrected chi connectivity index (χ0v) is 12.4. The molecule has 0 heterocycles. The molecule has 1 aromatic rings. The van der Waals surface area contributed by atoms with Crippen molar-refractivity contribution in [1.29, 1.82) is 0 Å². The number of carbonyl (C=O) groups is 1. The van der Waals surface area contributed by atoms with Crippen molar-refractivity contribution in [3.63, 3.8) is 0 Å². The summed E-state index contributed by atoms with van der Waals surface area (Å²) in [6.07, 6.45) is 5.78. The Morgan fingerprint density at radius 3 is 2.15 bits per heavy atom. The van der Waals surface area contributed by atoms with Crippen LogP contribution in [0.3, 0.4) is 0 Å². The van der Waals surface area contributed by atoms with Gasteiger partial charge in [-0.05, 0) is 37.1 Å². The molecular formula is C16H24O4. The number of methoxy groups -OCH3 is 2. The molecule has 0 aliphatic carbocycles. The van der Waals surface area contributed by atoms with Crippen molar-refractivity contribution in [3.05, 3.63) is 24.3 Å². The third-order valence-corrected chi connectivity index (χ3v) is 3.08. The monoisotopic (exact) mass is 280 g/mol. The molecule has 0 spiro atoms. The molecule has 0 aliphatic rings. The lowest BCUT2D eigenvalue weighted by Crippen LogP contribution is -1.99. The first kappa shape index (κ1) is 16.3. The average Bonchev–Trinajstić information content (AvgIpc) is 2.50. The zero-order valence-electron chi connectivity index (χ0n) is 12.4. The summed E-state index contributed by atoms with van der Waals surface area (Å²) < 4.78 is 15.3. The Morgan fingerprint density at radius 1 is 0.900 bits per heavy atom. The van der Waals surface area contributed by atoms with Gasteiger partial charge in [-0.15, -0.1) is 0 Å². The standard InChI is InChI=1S/C16H24O4/c1-18-14-9-11-15(12-10-14)20-13-7-5-3-4-6-8-16(17)19-2/h9-12H,3-8,13H2,1-2H3. The number of benzene rings is 1. The fourth-order valence-corrected chi connectivity index (χ4v) is 1.87. The molecule has 4 heteroatoms. The van der Waals surface area contributed by atoms with E-state index in [9.17, 15) is 4.79 Å². The van der Waals surface area contributed by atoms with Crippen molar-refractivity contribution >= 4 is 5.97 Å². The van der Waals surface area contributed by atoms with Gasteiger partial charge in [0.15, 0.2) is 0 Å². The fourth-order valence-electron chi connectivity index (χ4n) is 1.87. The number of esters is 1. The molecule has 0 fully saturated rings. The van der Waals surface area contributed by atoms with Gasteiger partial charge in [-0.1, -0.05) is 19.3 Å². The van der Waals surface area contributed by atoms with Gasteiger partial charge in [-0.3, -0.25) is 4.79 Å². The first-order chi connectivity index (χ1) is 9.76. The number of hydrogen-bond donors (Lipinski definition) is 0. The maximum atomic E-state index is 10.9. The number of carbonyl (C=O) groups excluding carboxylic acids is 1. The van der Waals surface area contributed by atoms with E-state index in [-0.39, 0.29) is 5.97 Å². The van der Waals surface area contributed by atoms with Gasteiger partial charge in [0.05, 0.1) is 20.8 Å². The molecule has 0 unspecified atom stereocenters. The zero-order chi connectivity index (χ0) is 14.6. The highest BCUT2D eigenvalue weighted by Crippen LogP contribution is 2.17. The van der Waals surface area contributed by atoms with E-state index in [1.54, 1.807) is 7.11 Å². The van der Waals surface area contributed by atoms with Crippen LogP contribution in [0.5, 0.6) is 11.5 Å². The van der Waals surface area contributed by atoms with Crippen molar-refractivity contribution in [3.8, 4) is 11.5 Å². The number of unbranched alkanes of at least 4 members (excludes halogenated alkanes) is 4. The lowest BCUT2D eigenvalue weighted by atomic mass is 10.1. The van der Waals surface area contributed by atoms with Crippen LogP contribution in [-0.2, 0) is 9.53 Å². The van der Waals surface area contributed by atoms with Crippen molar-refractivity contribution in [2.75, 3.05) is 20.8 Å². The molecule has 1 rings (SSSR count). The van der Waals surface area contributed by atoms with Crippen LogP contribution in [0.4, 0.5) is 0 Å². The Hall–Kier alpha value is -1.71. The van der Waals surface area contributed by atoms with E-state index < -0.39 is 0 Å². The predicted octanol–water partition coefficient (Wildman–Crippen LogP) is 3.59. The minimum absolute atomic E-state index is 0.118. The molecule has 0 bridgehead atoms. The summed E-state index contributed by atoms with van der Waals surface area (Å²) in [7, 11) is 3.08. The van der Waals surface area contributed by atoms with Gasteiger partial charge in [0, 0.05) is 6.42 Å². The Morgan fingerprint density at radius 2 is 1.50 bits per heavy atom. The lowest BCUT2D eigenvalue weighted by molar-refractivity contribution is -0.140. The van der Waals surface area contributed by atoms with Crippen LogP contribution >= 0.6 is 0 Å². The van der Waals surface area contributed by atoms with Gasteiger partial charge in [0.25, 0.3) is 0 Å². The second-order valence-electron chi connectivity index (χ2n) is 4.62. The van der Waals surface area contributed by atoms with E-state index in [0.717, 1.165) is 50.2 Å². The van der Waals surface area contributed by atoms with Gasteiger partial charge in [-0.25, -0.2) is 0 Å². The molecule has 112 valence electrons. The third kappa shape index (κ3) is 7.02. The van der Waals surface area contributed by atoms with Crippen LogP contribution < -0.4 is 9.47 Å². The second kappa shape index (κ2) is 10.1. The van der Waals surface area contributed by atoms with Gasteiger partial charge in [0.2, 0.25) is 0 Å². The lowest BCUT2D eigenvalue weighted by Gasteiger charge is -2.07. The molecule has 0 N–H and O–H groups in total. The Bertz CT molecular complexity index is 373. The van der Waals surface area contributed by atoms with Crippen molar-refractivity contribution < 1.29 is 19.0 Å². The maximum absolute atomic E-state index is 10.9. The second-order valence-corrected chi connectivity index (χ2v) is 4.62. The molecule has 20 heavy (non-hydrogen) atoms. The van der Waals surface area contributed by atoms with Crippen LogP contribution in [0.1, 0.15) is 38.5 Å². The fraction of sp³-hybridized carbons (Fsp3) is 0.562. The summed E-state index contributed by atoms with van der Waals surface area (Å²) >= 11 is 0. The van der Waals surface area contributed by atoms with Gasteiger partial charge >= 0.3 is 5.97 Å². The molecule has 0 aliphatic heterocycles. The molecule has 0 amide bonds. The molecule has 0 saturated carbocycles. The topological polar surface area (TPSA) is 44.8 Å². The van der Waals surface area contributed by atoms with Crippen LogP contribution in [0.15, 0.2) is 24.3 Å². The first-order valence-corrected chi connectivity index (χ1v) is 7.10. The summed E-state index contributed by atoms with van der Waals surface area (Å²) in [5, 5.41) is 0. The van der Waals surface area contributed by atoms with Crippen LogP contribution in [0.25, 0.3) is 0 Å². The average molecular weight is 280 g/mol. The quantitative estimate of drug-likeness (QED) is 0.485. The summed E-state index contributed by atoms with van der Waals surface area (Å²) in [5.41, 5.74) is 0. The molecule has 4 nitrogen and oxygen atoms in total. The Kier molecular flexibility index (Phi) is 8.27. The van der Waals surface area contributed by atoms with E-state index in [1.165, 1.54) is 7.11 Å². The van der Waals surface area contributed by atoms with Crippen molar-refractivity contribution in [2.45, 2.75) is 38.5 Å². The Balaban J connectivity index is 1.97. The SMILES string of the molecule is COC(=O)CCCCCCCOc1ccc(OC)cc1. The first-order valence-electron chi connectivity index (χ1n) is 7.10. The van der Waals surface area contributed by atoms with Gasteiger partial charge in [-0.2, -0.15) is 0 Å². The van der Waals surface area contributed by atoms with Crippen LogP contribution in [0.2, 0.25) is 0 Å². The van der Waals surface area contributed by atoms with Gasteiger partial charge < -0.3 is 14.2 Å². The summed E-state index contributed by atoms with van der Waals surface area (Å²) in [6.45, 7) is 0.726. The molecule has 0 saturated heterocycles. The van der Waals surface area contributed by atoms with E-state index in [4.69, 9.17) is 9.47 Å².